The molecule has 0 radical (unpaired) electrons. The molecule has 0 amide bonds. The van der Waals surface area contributed by atoms with Gasteiger partial charge in [0, 0.05) is 37.6 Å². The van der Waals surface area contributed by atoms with Crippen molar-refractivity contribution in [1.82, 2.24) is 9.76 Å². The number of hydrogen-bond donors (Lipinski definition) is 1. The summed E-state index contributed by atoms with van der Waals surface area (Å²) in [7, 11) is -2.34. The van der Waals surface area contributed by atoms with Crippen molar-refractivity contribution in [3.8, 4) is 0 Å². The molecule has 3 nitrogen and oxygen atoms in total. The third-order valence-electron chi connectivity index (χ3n) is 2.39. The van der Waals surface area contributed by atoms with Crippen LogP contribution in [0.2, 0.25) is 0 Å². The van der Waals surface area contributed by atoms with E-state index >= 15 is 0 Å². The molecule has 1 unspecified atom stereocenters. The molecule has 6 heteroatoms. The highest BCUT2D eigenvalue weighted by Gasteiger charge is 2.30. The predicted octanol–water partition coefficient (Wildman–Crippen LogP) is 2.34. The van der Waals surface area contributed by atoms with E-state index in [2.05, 4.69) is 5.09 Å². The topological polar surface area (TPSA) is 32.3 Å². The first-order valence-electron chi connectivity index (χ1n) is 4.94. The molecule has 1 aliphatic heterocycles. The molecule has 0 spiro atoms. The second kappa shape index (κ2) is 6.34. The molecule has 84 valence electrons. The van der Waals surface area contributed by atoms with Gasteiger partial charge in [-0.15, -0.1) is 23.2 Å². The van der Waals surface area contributed by atoms with Crippen LogP contribution in [-0.4, -0.2) is 42.2 Å². The third-order valence-corrected chi connectivity index (χ3v) is 5.68. The van der Waals surface area contributed by atoms with Crippen molar-refractivity contribution >= 4 is 30.6 Å². The number of rotatable bonds is 5. The van der Waals surface area contributed by atoms with Crippen molar-refractivity contribution in [1.29, 1.82) is 0 Å². The zero-order valence-corrected chi connectivity index (χ0v) is 10.6. The Labute approximate surface area is 95.6 Å². The third kappa shape index (κ3) is 3.39. The molecule has 0 aromatic heterocycles. The number of nitrogens with one attached hydrogen (secondary N) is 1. The van der Waals surface area contributed by atoms with Gasteiger partial charge in [-0.25, -0.2) is 4.67 Å². The number of hydrogen-bond acceptors (Lipinski definition) is 1. The van der Waals surface area contributed by atoms with Crippen LogP contribution >= 0.6 is 30.6 Å². The quantitative estimate of drug-likeness (QED) is 0.607. The van der Waals surface area contributed by atoms with Crippen LogP contribution in [0.4, 0.5) is 0 Å². The van der Waals surface area contributed by atoms with Crippen LogP contribution in [0.25, 0.3) is 0 Å². The highest BCUT2D eigenvalue weighted by atomic mass is 35.5. The standard InChI is InChI=1S/C8H17Cl2N2OP/c9-3-6-12(7-4-10)14(13)8-2-1-5-11-14/h1-8H2,(H,11,13). The lowest BCUT2D eigenvalue weighted by atomic mass is 10.3. The van der Waals surface area contributed by atoms with Gasteiger partial charge in [0.05, 0.1) is 0 Å². The summed E-state index contributed by atoms with van der Waals surface area (Å²) in [6.45, 7) is 2.15. The van der Waals surface area contributed by atoms with E-state index in [4.69, 9.17) is 23.2 Å². The van der Waals surface area contributed by atoms with Crippen molar-refractivity contribution in [2.45, 2.75) is 12.8 Å². The van der Waals surface area contributed by atoms with Crippen molar-refractivity contribution in [2.75, 3.05) is 37.6 Å². The molecule has 1 saturated heterocycles. The molecule has 0 aromatic rings. The molecule has 14 heavy (non-hydrogen) atoms. The predicted molar refractivity (Wildman–Crippen MR) is 62.7 cm³/mol. The van der Waals surface area contributed by atoms with Crippen LogP contribution in [0.1, 0.15) is 12.8 Å². The Hall–Kier alpha value is 0.730. The van der Waals surface area contributed by atoms with Gasteiger partial charge in [0.15, 0.2) is 0 Å². The Balaban J connectivity index is 2.58. The largest absolute Gasteiger partial charge is 0.289 e. The molecule has 1 atom stereocenters. The van der Waals surface area contributed by atoms with Crippen molar-refractivity contribution < 1.29 is 4.57 Å². The van der Waals surface area contributed by atoms with Gasteiger partial charge in [0.25, 0.3) is 0 Å². The Bertz CT molecular complexity index is 200. The van der Waals surface area contributed by atoms with Crippen LogP contribution in [0.3, 0.4) is 0 Å². The maximum absolute atomic E-state index is 12.4. The monoisotopic (exact) mass is 258 g/mol. The fourth-order valence-electron chi connectivity index (χ4n) is 1.66. The van der Waals surface area contributed by atoms with Gasteiger partial charge in [-0.2, -0.15) is 0 Å². The lowest BCUT2D eigenvalue weighted by Crippen LogP contribution is -2.35. The minimum absolute atomic E-state index is 0.503. The fourth-order valence-corrected chi connectivity index (χ4v) is 4.95. The van der Waals surface area contributed by atoms with Gasteiger partial charge in [-0.3, -0.25) is 9.65 Å². The van der Waals surface area contributed by atoms with E-state index in [-0.39, 0.29) is 0 Å². The lowest BCUT2D eigenvalue weighted by molar-refractivity contribution is 0.424. The van der Waals surface area contributed by atoms with Gasteiger partial charge >= 0.3 is 0 Å². The summed E-state index contributed by atoms with van der Waals surface area (Å²) in [6, 6.07) is 0. The number of nitrogens with zero attached hydrogens (tertiary/aromatic N) is 1. The van der Waals surface area contributed by atoms with Gasteiger partial charge < -0.3 is 0 Å². The highest BCUT2D eigenvalue weighted by molar-refractivity contribution is 7.59. The summed E-state index contributed by atoms with van der Waals surface area (Å²) in [5.74, 6) is 1.01. The first-order chi connectivity index (χ1) is 6.73. The van der Waals surface area contributed by atoms with E-state index in [0.29, 0.717) is 24.8 Å². The molecule has 0 bridgehead atoms. The smallest absolute Gasteiger partial charge is 0.214 e. The summed E-state index contributed by atoms with van der Waals surface area (Å²) in [4.78, 5) is 0. The average Bonchev–Trinajstić information content (AvgIpc) is 2.19. The van der Waals surface area contributed by atoms with E-state index in [1.165, 1.54) is 0 Å². The molecule has 1 rings (SSSR count). The van der Waals surface area contributed by atoms with E-state index in [1.807, 2.05) is 4.67 Å². The van der Waals surface area contributed by atoms with Gasteiger partial charge in [0.1, 0.15) is 0 Å². The van der Waals surface area contributed by atoms with Gasteiger partial charge in [-0.1, -0.05) is 0 Å². The van der Waals surface area contributed by atoms with Crippen molar-refractivity contribution in [2.24, 2.45) is 0 Å². The minimum Gasteiger partial charge on any atom is -0.289 e. The fraction of sp³-hybridized carbons (Fsp3) is 1.00. The Morgan fingerprint density at radius 1 is 1.21 bits per heavy atom. The Morgan fingerprint density at radius 2 is 1.86 bits per heavy atom. The SMILES string of the molecule is O=P1(N(CCCl)CCCl)CCCCN1. The molecule has 1 aliphatic rings. The van der Waals surface area contributed by atoms with Crippen molar-refractivity contribution in [3.63, 3.8) is 0 Å². The van der Waals surface area contributed by atoms with Crippen molar-refractivity contribution in [3.05, 3.63) is 0 Å². The first kappa shape index (κ1) is 12.8. The second-order valence-corrected chi connectivity index (χ2v) is 6.86. The number of alkyl halides is 2. The normalized spacial score (nSPS) is 28.2. The molecular weight excluding hydrogens is 242 g/mol. The van der Waals surface area contributed by atoms with E-state index < -0.39 is 7.44 Å². The molecule has 0 aliphatic carbocycles. The summed E-state index contributed by atoms with van der Waals surface area (Å²) in [6.07, 6.45) is 2.89. The van der Waals surface area contributed by atoms with Crippen LogP contribution in [0, 0.1) is 0 Å². The summed E-state index contributed by atoms with van der Waals surface area (Å²) in [5, 5.41) is 3.13. The maximum atomic E-state index is 12.4. The molecular formula is C8H17Cl2N2OP. The van der Waals surface area contributed by atoms with Gasteiger partial charge in [-0.05, 0) is 12.8 Å². The van der Waals surface area contributed by atoms with E-state index in [9.17, 15) is 4.57 Å². The molecule has 0 saturated carbocycles. The summed E-state index contributed by atoms with van der Waals surface area (Å²) in [5.41, 5.74) is 0. The van der Waals surface area contributed by atoms with Crippen LogP contribution in [0.15, 0.2) is 0 Å². The van der Waals surface area contributed by atoms with Crippen LogP contribution in [-0.2, 0) is 4.57 Å². The molecule has 0 aromatic carbocycles. The molecule has 1 N–H and O–H groups in total. The number of halogens is 2. The molecule has 1 fully saturated rings. The Kier molecular flexibility index (Phi) is 5.80. The minimum atomic E-state index is -2.34. The first-order valence-corrected chi connectivity index (χ1v) is 7.86. The van der Waals surface area contributed by atoms with E-state index in [0.717, 1.165) is 25.5 Å². The Morgan fingerprint density at radius 3 is 2.29 bits per heavy atom. The zero-order valence-electron chi connectivity index (χ0n) is 8.22. The summed E-state index contributed by atoms with van der Waals surface area (Å²) < 4.78 is 14.3. The highest BCUT2D eigenvalue weighted by Crippen LogP contribution is 2.47. The maximum Gasteiger partial charge on any atom is 0.214 e. The van der Waals surface area contributed by atoms with Gasteiger partial charge in [0.2, 0.25) is 7.44 Å². The van der Waals surface area contributed by atoms with E-state index in [1.54, 1.807) is 0 Å². The second-order valence-electron chi connectivity index (χ2n) is 3.37. The van der Waals surface area contributed by atoms with Crippen LogP contribution in [0.5, 0.6) is 0 Å². The lowest BCUT2D eigenvalue weighted by Gasteiger charge is -2.34. The zero-order chi connectivity index (χ0) is 10.4. The summed E-state index contributed by atoms with van der Waals surface area (Å²) >= 11 is 11.4. The van der Waals surface area contributed by atoms with Crippen LogP contribution < -0.4 is 5.09 Å². The average molecular weight is 259 g/mol. The molecule has 1 heterocycles.